The molecule has 0 amide bonds. The van der Waals surface area contributed by atoms with Gasteiger partial charge in [0.05, 0.1) is 5.51 Å². The van der Waals surface area contributed by atoms with Crippen molar-refractivity contribution in [2.24, 2.45) is 0 Å². The fraction of sp³-hybridized carbons (Fsp3) is 0.182. The molecule has 2 rings (SSSR count). The van der Waals surface area contributed by atoms with Gasteiger partial charge in [0, 0.05) is 35.5 Å². The van der Waals surface area contributed by atoms with E-state index in [0.29, 0.717) is 6.42 Å². The van der Waals surface area contributed by atoms with Gasteiger partial charge < -0.3 is 0 Å². The molecular weight excluding hydrogens is 208 g/mol. The number of hydrogen-bond acceptors (Lipinski definition) is 4. The van der Waals surface area contributed by atoms with Crippen LogP contribution in [0.25, 0.3) is 0 Å². The Morgan fingerprint density at radius 3 is 2.93 bits per heavy atom. The Balaban J connectivity index is 2.19. The third-order valence-corrected chi connectivity index (χ3v) is 2.92. The standard InChI is InChI=1S/C11H10N2OS/c1-8-5-12-3-2-10(8)11(14)4-9-6-13-7-15-9/h2-3,5-7H,4H2,1H3. The summed E-state index contributed by atoms with van der Waals surface area (Å²) in [6.45, 7) is 1.90. The number of pyridine rings is 1. The number of carbonyl (C=O) groups is 1. The lowest BCUT2D eigenvalue weighted by atomic mass is 10.1. The monoisotopic (exact) mass is 218 g/mol. The molecule has 0 aliphatic carbocycles. The van der Waals surface area contributed by atoms with Crippen LogP contribution in [0.15, 0.2) is 30.2 Å². The van der Waals surface area contributed by atoms with Crippen molar-refractivity contribution in [3.63, 3.8) is 0 Å². The number of aromatic nitrogens is 2. The average Bonchev–Trinajstić information content (AvgIpc) is 2.71. The van der Waals surface area contributed by atoms with Crippen molar-refractivity contribution in [3.05, 3.63) is 46.2 Å². The second kappa shape index (κ2) is 4.31. The lowest BCUT2D eigenvalue weighted by Gasteiger charge is -2.01. The third-order valence-electron chi connectivity index (χ3n) is 2.14. The SMILES string of the molecule is Cc1cnccc1C(=O)Cc1cncs1. The van der Waals surface area contributed by atoms with Crippen molar-refractivity contribution >= 4 is 17.1 Å². The Hall–Kier alpha value is -1.55. The smallest absolute Gasteiger partial charge is 0.168 e. The molecule has 2 aromatic rings. The van der Waals surface area contributed by atoms with Crippen LogP contribution < -0.4 is 0 Å². The first-order valence-electron chi connectivity index (χ1n) is 4.58. The summed E-state index contributed by atoms with van der Waals surface area (Å²) in [7, 11) is 0. The second-order valence-electron chi connectivity index (χ2n) is 3.26. The van der Waals surface area contributed by atoms with E-state index in [2.05, 4.69) is 9.97 Å². The first kappa shape index (κ1) is 9.98. The fourth-order valence-corrected chi connectivity index (χ4v) is 1.96. The predicted octanol–water partition coefficient (Wildman–Crippen LogP) is 2.27. The number of Topliss-reactive ketones (excluding diaryl/α,β-unsaturated/α-hetero) is 1. The van der Waals surface area contributed by atoms with Gasteiger partial charge in [-0.05, 0) is 18.6 Å². The van der Waals surface area contributed by atoms with Crippen LogP contribution in [-0.2, 0) is 6.42 Å². The zero-order chi connectivity index (χ0) is 10.7. The number of rotatable bonds is 3. The van der Waals surface area contributed by atoms with Crippen LogP contribution in [0.5, 0.6) is 0 Å². The predicted molar refractivity (Wildman–Crippen MR) is 59.1 cm³/mol. The molecule has 2 aromatic heterocycles. The van der Waals surface area contributed by atoms with E-state index in [1.54, 1.807) is 30.2 Å². The molecule has 15 heavy (non-hydrogen) atoms. The van der Waals surface area contributed by atoms with Gasteiger partial charge in [-0.2, -0.15) is 0 Å². The molecule has 0 spiro atoms. The van der Waals surface area contributed by atoms with E-state index in [0.717, 1.165) is 16.0 Å². The molecule has 3 nitrogen and oxygen atoms in total. The summed E-state index contributed by atoms with van der Waals surface area (Å²) in [6, 6.07) is 1.76. The maximum Gasteiger partial charge on any atom is 0.168 e. The zero-order valence-electron chi connectivity index (χ0n) is 8.30. The molecule has 0 atom stereocenters. The van der Waals surface area contributed by atoms with Gasteiger partial charge in [0.2, 0.25) is 0 Å². The summed E-state index contributed by atoms with van der Waals surface area (Å²) < 4.78 is 0. The van der Waals surface area contributed by atoms with E-state index >= 15 is 0 Å². The molecule has 0 saturated carbocycles. The summed E-state index contributed by atoms with van der Waals surface area (Å²) in [5, 5.41) is 0. The van der Waals surface area contributed by atoms with E-state index in [1.165, 1.54) is 11.3 Å². The molecule has 0 aliphatic rings. The first-order chi connectivity index (χ1) is 7.27. The van der Waals surface area contributed by atoms with Gasteiger partial charge in [-0.25, -0.2) is 0 Å². The Kier molecular flexibility index (Phi) is 2.87. The highest BCUT2D eigenvalue weighted by atomic mass is 32.1. The minimum Gasteiger partial charge on any atom is -0.294 e. The van der Waals surface area contributed by atoms with Crippen molar-refractivity contribution in [2.75, 3.05) is 0 Å². The molecule has 0 aliphatic heterocycles. The Bertz CT molecular complexity index is 465. The second-order valence-corrected chi connectivity index (χ2v) is 4.23. The van der Waals surface area contributed by atoms with Crippen LogP contribution in [0.3, 0.4) is 0 Å². The quantitative estimate of drug-likeness (QED) is 0.742. The Labute approximate surface area is 91.8 Å². The van der Waals surface area contributed by atoms with E-state index in [4.69, 9.17) is 0 Å². The number of hydrogen-bond donors (Lipinski definition) is 0. The lowest BCUT2D eigenvalue weighted by molar-refractivity contribution is 0.0993. The molecule has 0 fully saturated rings. The first-order valence-corrected chi connectivity index (χ1v) is 5.46. The van der Waals surface area contributed by atoms with Crippen molar-refractivity contribution in [1.29, 1.82) is 0 Å². The summed E-state index contributed by atoms with van der Waals surface area (Å²) >= 11 is 1.50. The third kappa shape index (κ3) is 2.27. The summed E-state index contributed by atoms with van der Waals surface area (Å²) in [4.78, 5) is 20.8. The normalized spacial score (nSPS) is 10.2. The van der Waals surface area contributed by atoms with Gasteiger partial charge in [-0.3, -0.25) is 14.8 Å². The highest BCUT2D eigenvalue weighted by Gasteiger charge is 2.10. The molecular formula is C11H10N2OS. The van der Waals surface area contributed by atoms with Gasteiger partial charge in [-0.15, -0.1) is 11.3 Å². The molecule has 76 valence electrons. The van der Waals surface area contributed by atoms with Crippen molar-refractivity contribution in [2.45, 2.75) is 13.3 Å². The number of aryl methyl sites for hydroxylation is 1. The highest BCUT2D eigenvalue weighted by molar-refractivity contribution is 7.09. The fourth-order valence-electron chi connectivity index (χ4n) is 1.37. The van der Waals surface area contributed by atoms with Crippen molar-refractivity contribution in [1.82, 2.24) is 9.97 Å². The van der Waals surface area contributed by atoms with E-state index in [1.807, 2.05) is 6.92 Å². The van der Waals surface area contributed by atoms with Gasteiger partial charge in [0.25, 0.3) is 0 Å². The van der Waals surface area contributed by atoms with Crippen LogP contribution in [0.2, 0.25) is 0 Å². The Morgan fingerprint density at radius 2 is 2.27 bits per heavy atom. The number of ketones is 1. The van der Waals surface area contributed by atoms with Crippen LogP contribution in [0, 0.1) is 6.92 Å². The number of carbonyl (C=O) groups excluding carboxylic acids is 1. The van der Waals surface area contributed by atoms with Gasteiger partial charge >= 0.3 is 0 Å². The summed E-state index contributed by atoms with van der Waals surface area (Å²) in [5.41, 5.74) is 3.41. The van der Waals surface area contributed by atoms with Gasteiger partial charge in [0.15, 0.2) is 5.78 Å². The van der Waals surface area contributed by atoms with Crippen molar-refractivity contribution in [3.8, 4) is 0 Å². The topological polar surface area (TPSA) is 42.9 Å². The molecule has 4 heteroatoms. The molecule has 0 radical (unpaired) electrons. The molecule has 0 bridgehead atoms. The molecule has 2 heterocycles. The van der Waals surface area contributed by atoms with Crippen LogP contribution in [0.4, 0.5) is 0 Å². The molecule has 0 aromatic carbocycles. The lowest BCUT2D eigenvalue weighted by Crippen LogP contribution is -2.04. The summed E-state index contributed by atoms with van der Waals surface area (Å²) in [5.74, 6) is 0.124. The van der Waals surface area contributed by atoms with Crippen LogP contribution >= 0.6 is 11.3 Å². The number of nitrogens with zero attached hydrogens (tertiary/aromatic N) is 2. The van der Waals surface area contributed by atoms with Gasteiger partial charge in [0.1, 0.15) is 0 Å². The Morgan fingerprint density at radius 1 is 1.40 bits per heavy atom. The maximum atomic E-state index is 11.9. The van der Waals surface area contributed by atoms with E-state index in [9.17, 15) is 4.79 Å². The molecule has 0 unspecified atom stereocenters. The van der Waals surface area contributed by atoms with E-state index < -0.39 is 0 Å². The van der Waals surface area contributed by atoms with Crippen LogP contribution in [0.1, 0.15) is 20.8 Å². The molecule has 0 saturated heterocycles. The van der Waals surface area contributed by atoms with Gasteiger partial charge in [-0.1, -0.05) is 0 Å². The maximum absolute atomic E-state index is 11.9. The zero-order valence-corrected chi connectivity index (χ0v) is 9.12. The minimum atomic E-state index is 0.124. The average molecular weight is 218 g/mol. The van der Waals surface area contributed by atoms with E-state index in [-0.39, 0.29) is 5.78 Å². The minimum absolute atomic E-state index is 0.124. The van der Waals surface area contributed by atoms with Crippen molar-refractivity contribution < 1.29 is 4.79 Å². The van der Waals surface area contributed by atoms with Crippen LogP contribution in [-0.4, -0.2) is 15.8 Å². The molecule has 0 N–H and O–H groups in total. The number of thiazole rings is 1. The summed E-state index contributed by atoms with van der Waals surface area (Å²) in [6.07, 6.45) is 5.52. The largest absolute Gasteiger partial charge is 0.294 e. The highest BCUT2D eigenvalue weighted by Crippen LogP contribution is 2.12.